The minimum absolute atomic E-state index is 0. The molecule has 6 nitrogen and oxygen atoms in total. The van der Waals surface area contributed by atoms with E-state index in [9.17, 15) is 8.42 Å². The van der Waals surface area contributed by atoms with Crippen LogP contribution in [-0.2, 0) is 17.1 Å². The Morgan fingerprint density at radius 1 is 1.53 bits per heavy atom. The van der Waals surface area contributed by atoms with Gasteiger partial charge in [0, 0.05) is 26.2 Å². The summed E-state index contributed by atoms with van der Waals surface area (Å²) in [6.45, 7) is 1.00. The van der Waals surface area contributed by atoms with Crippen molar-refractivity contribution >= 4 is 34.0 Å². The van der Waals surface area contributed by atoms with Crippen LogP contribution in [0.15, 0.2) is 11.2 Å². The van der Waals surface area contributed by atoms with Crippen LogP contribution in [0.5, 0.6) is 0 Å². The second-order valence-electron chi connectivity index (χ2n) is 4.41. The van der Waals surface area contributed by atoms with Gasteiger partial charge in [0.15, 0.2) is 5.03 Å². The van der Waals surface area contributed by atoms with Gasteiger partial charge in [0.1, 0.15) is 0 Å². The summed E-state index contributed by atoms with van der Waals surface area (Å²) >= 11 is 5.91. The number of rotatable bonds is 3. The Bertz CT molecular complexity index is 512. The predicted octanol–water partition coefficient (Wildman–Crippen LogP) is 0.868. The summed E-state index contributed by atoms with van der Waals surface area (Å²) < 4.78 is 27.8. The number of halogens is 2. The van der Waals surface area contributed by atoms with Crippen LogP contribution in [0.1, 0.15) is 12.8 Å². The van der Waals surface area contributed by atoms with Crippen LogP contribution >= 0.6 is 24.0 Å². The van der Waals surface area contributed by atoms with Gasteiger partial charge < -0.3 is 5.32 Å². The second-order valence-corrected chi connectivity index (χ2v) is 6.67. The molecule has 0 amide bonds. The zero-order valence-electron chi connectivity index (χ0n) is 10.8. The minimum atomic E-state index is -3.56. The highest BCUT2D eigenvalue weighted by atomic mass is 35.5. The van der Waals surface area contributed by atoms with E-state index in [1.807, 2.05) is 7.05 Å². The molecule has 2 rings (SSSR count). The van der Waals surface area contributed by atoms with Gasteiger partial charge in [-0.25, -0.2) is 8.42 Å². The molecule has 1 aliphatic heterocycles. The Morgan fingerprint density at radius 2 is 2.21 bits per heavy atom. The monoisotopic (exact) mass is 328 g/mol. The highest BCUT2D eigenvalue weighted by molar-refractivity contribution is 7.89. The minimum Gasteiger partial charge on any atom is -0.316 e. The number of piperidine rings is 1. The van der Waals surface area contributed by atoms with Crippen LogP contribution < -0.4 is 5.32 Å². The summed E-state index contributed by atoms with van der Waals surface area (Å²) in [6, 6.07) is 0.195. The van der Waals surface area contributed by atoms with E-state index < -0.39 is 10.0 Å². The SMILES string of the molecule is CNC1CCCN(S(=O)(=O)c2c(Cl)cnn2C)C1.Cl. The summed E-state index contributed by atoms with van der Waals surface area (Å²) in [4.78, 5) is 0. The van der Waals surface area contributed by atoms with Gasteiger partial charge in [-0.15, -0.1) is 12.4 Å². The van der Waals surface area contributed by atoms with Gasteiger partial charge in [-0.2, -0.15) is 9.40 Å². The Balaban J connectivity index is 0.00000180. The molecule has 110 valence electrons. The third-order valence-electron chi connectivity index (χ3n) is 3.22. The third-order valence-corrected chi connectivity index (χ3v) is 5.59. The fourth-order valence-electron chi connectivity index (χ4n) is 2.21. The molecule has 0 aliphatic carbocycles. The van der Waals surface area contributed by atoms with Gasteiger partial charge >= 0.3 is 0 Å². The number of hydrogen-bond acceptors (Lipinski definition) is 4. The first-order chi connectivity index (χ1) is 8.46. The summed E-state index contributed by atoms with van der Waals surface area (Å²) in [6.07, 6.45) is 3.19. The highest BCUT2D eigenvalue weighted by Gasteiger charge is 2.33. The molecule has 1 aromatic heterocycles. The van der Waals surface area contributed by atoms with Crippen LogP contribution in [0.3, 0.4) is 0 Å². The Hall–Kier alpha value is -0.340. The number of aromatic nitrogens is 2. The Morgan fingerprint density at radius 3 is 2.74 bits per heavy atom. The van der Waals surface area contributed by atoms with Gasteiger partial charge in [0.25, 0.3) is 10.0 Å². The quantitative estimate of drug-likeness (QED) is 0.893. The number of hydrogen-bond donors (Lipinski definition) is 1. The largest absolute Gasteiger partial charge is 0.316 e. The van der Waals surface area contributed by atoms with Crippen LogP contribution in [0.25, 0.3) is 0 Å². The molecule has 9 heteroatoms. The van der Waals surface area contributed by atoms with Crippen LogP contribution in [0, 0.1) is 0 Å². The van der Waals surface area contributed by atoms with Gasteiger partial charge in [0.05, 0.1) is 11.2 Å². The topological polar surface area (TPSA) is 67.2 Å². The van der Waals surface area contributed by atoms with E-state index >= 15 is 0 Å². The first-order valence-electron chi connectivity index (χ1n) is 5.81. The molecule has 2 heterocycles. The lowest BCUT2D eigenvalue weighted by Crippen LogP contribution is -2.47. The Labute approximate surface area is 124 Å². The molecule has 1 aliphatic rings. The number of sulfonamides is 1. The van der Waals surface area contributed by atoms with E-state index in [1.165, 1.54) is 15.2 Å². The fraction of sp³-hybridized carbons (Fsp3) is 0.700. The molecule has 0 radical (unpaired) electrons. The molecule has 0 spiro atoms. The maximum Gasteiger partial charge on any atom is 0.261 e. The van der Waals surface area contributed by atoms with Gasteiger partial charge in [-0.05, 0) is 19.9 Å². The van der Waals surface area contributed by atoms with E-state index in [1.54, 1.807) is 7.05 Å². The van der Waals surface area contributed by atoms with E-state index in [4.69, 9.17) is 11.6 Å². The lowest BCUT2D eigenvalue weighted by molar-refractivity contribution is 0.291. The second kappa shape index (κ2) is 6.41. The van der Waals surface area contributed by atoms with Crippen molar-refractivity contribution in [3.05, 3.63) is 11.2 Å². The first-order valence-corrected chi connectivity index (χ1v) is 7.63. The van der Waals surface area contributed by atoms with E-state index in [0.717, 1.165) is 12.8 Å². The van der Waals surface area contributed by atoms with E-state index in [2.05, 4.69) is 10.4 Å². The Kier molecular flexibility index (Phi) is 5.64. The molecule has 0 bridgehead atoms. The van der Waals surface area contributed by atoms with E-state index in [0.29, 0.717) is 13.1 Å². The van der Waals surface area contributed by atoms with E-state index in [-0.39, 0.29) is 28.5 Å². The molecule has 1 fully saturated rings. The third kappa shape index (κ3) is 3.22. The normalized spacial score (nSPS) is 21.1. The number of likely N-dealkylation sites (N-methyl/N-ethyl adjacent to an activating group) is 1. The van der Waals surface area contributed by atoms with Crippen LogP contribution in [0.2, 0.25) is 5.02 Å². The van der Waals surface area contributed by atoms with Crippen LogP contribution in [0.4, 0.5) is 0 Å². The zero-order valence-corrected chi connectivity index (χ0v) is 13.2. The molecular weight excluding hydrogens is 311 g/mol. The molecule has 1 saturated heterocycles. The van der Waals surface area contributed by atoms with Crippen molar-refractivity contribution in [2.45, 2.75) is 23.9 Å². The number of nitrogens with zero attached hydrogens (tertiary/aromatic N) is 3. The van der Waals surface area contributed by atoms with Crippen molar-refractivity contribution in [1.82, 2.24) is 19.4 Å². The summed E-state index contributed by atoms with van der Waals surface area (Å²) in [5.74, 6) is 0. The first kappa shape index (κ1) is 16.7. The maximum absolute atomic E-state index is 12.5. The molecule has 19 heavy (non-hydrogen) atoms. The van der Waals surface area contributed by atoms with Gasteiger partial charge in [-0.1, -0.05) is 11.6 Å². The van der Waals surface area contributed by atoms with Crippen LogP contribution in [-0.4, -0.2) is 48.7 Å². The van der Waals surface area contributed by atoms with Crippen molar-refractivity contribution in [2.75, 3.05) is 20.1 Å². The maximum atomic E-state index is 12.5. The van der Waals surface area contributed by atoms with Crippen molar-refractivity contribution in [2.24, 2.45) is 7.05 Å². The standard InChI is InChI=1S/C10H17ClN4O2S.ClH/c1-12-8-4-3-5-15(7-8)18(16,17)10-9(11)6-13-14(10)2;/h6,8,12H,3-5,7H2,1-2H3;1H. The number of nitrogens with one attached hydrogen (secondary N) is 1. The lowest BCUT2D eigenvalue weighted by Gasteiger charge is -2.31. The van der Waals surface area contributed by atoms with Crippen molar-refractivity contribution < 1.29 is 8.42 Å². The fourth-order valence-corrected chi connectivity index (χ4v) is 4.34. The molecule has 1 unspecified atom stereocenters. The molecule has 1 N–H and O–H groups in total. The van der Waals surface area contributed by atoms with Crippen molar-refractivity contribution in [3.8, 4) is 0 Å². The molecular formula is C10H18Cl2N4O2S. The molecule has 0 aromatic carbocycles. The number of aryl methyl sites for hydroxylation is 1. The smallest absolute Gasteiger partial charge is 0.261 e. The summed E-state index contributed by atoms with van der Waals surface area (Å²) in [5, 5.41) is 7.24. The molecule has 0 saturated carbocycles. The van der Waals surface area contributed by atoms with Crippen molar-refractivity contribution in [1.29, 1.82) is 0 Å². The van der Waals surface area contributed by atoms with Crippen molar-refractivity contribution in [3.63, 3.8) is 0 Å². The van der Waals surface area contributed by atoms with Gasteiger partial charge in [0.2, 0.25) is 0 Å². The zero-order chi connectivity index (χ0) is 13.3. The average molecular weight is 329 g/mol. The summed E-state index contributed by atoms with van der Waals surface area (Å²) in [5.41, 5.74) is 0. The highest BCUT2D eigenvalue weighted by Crippen LogP contribution is 2.25. The molecule has 1 atom stereocenters. The average Bonchev–Trinajstić information content (AvgIpc) is 2.69. The molecule has 1 aromatic rings. The van der Waals surface area contributed by atoms with Gasteiger partial charge in [-0.3, -0.25) is 4.68 Å². The lowest BCUT2D eigenvalue weighted by atomic mass is 10.1. The summed E-state index contributed by atoms with van der Waals surface area (Å²) in [7, 11) is -0.135. The predicted molar refractivity (Wildman–Crippen MR) is 76.3 cm³/mol.